The molecule has 0 saturated carbocycles. The maximum atomic E-state index is 12.4. The third-order valence-electron chi connectivity index (χ3n) is 3.84. The van der Waals surface area contributed by atoms with Crippen molar-refractivity contribution in [3.8, 4) is 6.07 Å². The van der Waals surface area contributed by atoms with Gasteiger partial charge < -0.3 is 5.32 Å². The quantitative estimate of drug-likeness (QED) is 0.874. The summed E-state index contributed by atoms with van der Waals surface area (Å²) in [7, 11) is -1.86. The number of nitrogens with zero attached hydrogens (tertiary/aromatic N) is 2. The highest BCUT2D eigenvalue weighted by molar-refractivity contribution is 7.89. The first-order chi connectivity index (χ1) is 11.3. The molecule has 126 valence electrons. The van der Waals surface area contributed by atoms with E-state index in [1.807, 2.05) is 26.0 Å². The number of sulfonamides is 1. The second-order valence-electron chi connectivity index (χ2n) is 5.80. The van der Waals surface area contributed by atoms with Crippen LogP contribution in [0.1, 0.15) is 25.0 Å². The molecule has 0 aliphatic carbocycles. The molecular formula is C18H21N3O2S. The third kappa shape index (κ3) is 4.13. The van der Waals surface area contributed by atoms with Crippen molar-refractivity contribution in [1.29, 1.82) is 5.26 Å². The molecule has 0 aliphatic rings. The lowest BCUT2D eigenvalue weighted by atomic mass is 10.2. The molecule has 0 saturated heterocycles. The van der Waals surface area contributed by atoms with Crippen LogP contribution in [0, 0.1) is 11.3 Å². The van der Waals surface area contributed by atoms with Crippen molar-refractivity contribution in [1.82, 2.24) is 4.31 Å². The van der Waals surface area contributed by atoms with Crippen molar-refractivity contribution < 1.29 is 8.42 Å². The van der Waals surface area contributed by atoms with Gasteiger partial charge in [0, 0.05) is 25.3 Å². The van der Waals surface area contributed by atoms with Crippen molar-refractivity contribution in [3.05, 3.63) is 59.7 Å². The Morgan fingerprint density at radius 2 is 1.67 bits per heavy atom. The van der Waals surface area contributed by atoms with Crippen molar-refractivity contribution in [2.75, 3.05) is 12.4 Å². The highest BCUT2D eigenvalue weighted by Gasteiger charge is 2.22. The van der Waals surface area contributed by atoms with Crippen LogP contribution in [0.5, 0.6) is 0 Å². The van der Waals surface area contributed by atoms with E-state index >= 15 is 0 Å². The lowest BCUT2D eigenvalue weighted by Gasteiger charge is -2.21. The Kier molecular flexibility index (Phi) is 5.60. The molecule has 0 aliphatic heterocycles. The van der Waals surface area contributed by atoms with Gasteiger partial charge in [0.05, 0.1) is 16.5 Å². The molecule has 0 spiro atoms. The van der Waals surface area contributed by atoms with Gasteiger partial charge in [-0.05, 0) is 55.8 Å². The van der Waals surface area contributed by atoms with Gasteiger partial charge in [-0.15, -0.1) is 0 Å². The normalized spacial score (nSPS) is 11.5. The summed E-state index contributed by atoms with van der Waals surface area (Å²) in [6.07, 6.45) is 0. The van der Waals surface area contributed by atoms with Gasteiger partial charge >= 0.3 is 0 Å². The zero-order valence-electron chi connectivity index (χ0n) is 14.0. The van der Waals surface area contributed by atoms with Crippen LogP contribution in [0.25, 0.3) is 0 Å². The molecule has 6 heteroatoms. The Labute approximate surface area is 143 Å². The Morgan fingerprint density at radius 3 is 2.17 bits per heavy atom. The molecule has 1 N–H and O–H groups in total. The van der Waals surface area contributed by atoms with Gasteiger partial charge in [0.2, 0.25) is 10.0 Å². The van der Waals surface area contributed by atoms with Crippen LogP contribution in [0.15, 0.2) is 53.4 Å². The Bertz CT molecular complexity index is 820. The van der Waals surface area contributed by atoms with Crippen LogP contribution >= 0.6 is 0 Å². The zero-order chi connectivity index (χ0) is 17.7. The Hall–Kier alpha value is -2.36. The summed E-state index contributed by atoms with van der Waals surface area (Å²) in [5.41, 5.74) is 2.50. The largest absolute Gasteiger partial charge is 0.381 e. The van der Waals surface area contributed by atoms with Crippen molar-refractivity contribution in [3.63, 3.8) is 0 Å². The molecule has 0 heterocycles. The van der Waals surface area contributed by atoms with E-state index in [1.54, 1.807) is 43.4 Å². The van der Waals surface area contributed by atoms with E-state index in [1.165, 1.54) is 4.31 Å². The lowest BCUT2D eigenvalue weighted by Crippen LogP contribution is -2.33. The fourth-order valence-electron chi connectivity index (χ4n) is 2.09. The van der Waals surface area contributed by atoms with Crippen LogP contribution in [-0.4, -0.2) is 25.8 Å². The molecule has 2 rings (SSSR count). The molecule has 0 bridgehead atoms. The lowest BCUT2D eigenvalue weighted by molar-refractivity contribution is 0.410. The summed E-state index contributed by atoms with van der Waals surface area (Å²) in [6.45, 7) is 4.26. The highest BCUT2D eigenvalue weighted by Crippen LogP contribution is 2.18. The molecule has 0 amide bonds. The predicted molar refractivity (Wildman–Crippen MR) is 95.0 cm³/mol. The number of anilines is 1. The number of hydrogen-bond donors (Lipinski definition) is 1. The van der Waals surface area contributed by atoms with E-state index in [9.17, 15) is 8.42 Å². The predicted octanol–water partition coefficient (Wildman–Crippen LogP) is 3.20. The van der Waals surface area contributed by atoms with Crippen LogP contribution < -0.4 is 5.32 Å². The van der Waals surface area contributed by atoms with E-state index in [0.29, 0.717) is 17.0 Å². The van der Waals surface area contributed by atoms with Gasteiger partial charge in [0.25, 0.3) is 0 Å². The first-order valence-corrected chi connectivity index (χ1v) is 9.09. The fraction of sp³-hybridized carbons (Fsp3) is 0.278. The first kappa shape index (κ1) is 18.0. The minimum absolute atomic E-state index is 0.0901. The average molecular weight is 343 g/mol. The monoisotopic (exact) mass is 343 g/mol. The summed E-state index contributed by atoms with van der Waals surface area (Å²) in [4.78, 5) is 0.292. The van der Waals surface area contributed by atoms with Crippen LogP contribution in [0.3, 0.4) is 0 Å². The van der Waals surface area contributed by atoms with Gasteiger partial charge in [0.15, 0.2) is 0 Å². The molecular weight excluding hydrogens is 322 g/mol. The number of rotatable bonds is 6. The standard InChI is InChI=1S/C18H21N3O2S/c1-14(2)21(3)24(22,23)18-10-6-16(7-11-18)13-20-17-8-4-15(12-19)5-9-17/h4-11,14,20H,13H2,1-3H3. The number of nitrogens with one attached hydrogen (secondary N) is 1. The van der Waals surface area contributed by atoms with Crippen LogP contribution in [0.4, 0.5) is 5.69 Å². The molecule has 0 fully saturated rings. The average Bonchev–Trinajstić information content (AvgIpc) is 2.60. The van der Waals surface area contributed by atoms with Gasteiger partial charge in [-0.2, -0.15) is 9.57 Å². The summed E-state index contributed by atoms with van der Waals surface area (Å²) in [6, 6.07) is 16.0. The minimum Gasteiger partial charge on any atom is -0.381 e. The van der Waals surface area contributed by atoms with E-state index in [-0.39, 0.29) is 6.04 Å². The smallest absolute Gasteiger partial charge is 0.243 e. The Morgan fingerprint density at radius 1 is 1.08 bits per heavy atom. The van der Waals surface area contributed by atoms with E-state index in [2.05, 4.69) is 11.4 Å². The maximum absolute atomic E-state index is 12.4. The molecule has 0 radical (unpaired) electrons. The van der Waals surface area contributed by atoms with E-state index in [0.717, 1.165) is 11.3 Å². The third-order valence-corrected chi connectivity index (χ3v) is 5.89. The van der Waals surface area contributed by atoms with Gasteiger partial charge in [0.1, 0.15) is 0 Å². The number of hydrogen-bond acceptors (Lipinski definition) is 4. The zero-order valence-corrected chi connectivity index (χ0v) is 14.8. The van der Waals surface area contributed by atoms with Gasteiger partial charge in [-0.3, -0.25) is 0 Å². The molecule has 24 heavy (non-hydrogen) atoms. The minimum atomic E-state index is -3.45. The molecule has 0 aromatic heterocycles. The summed E-state index contributed by atoms with van der Waals surface area (Å²) in [5, 5.41) is 12.0. The highest BCUT2D eigenvalue weighted by atomic mass is 32.2. The maximum Gasteiger partial charge on any atom is 0.243 e. The number of benzene rings is 2. The van der Waals surface area contributed by atoms with Gasteiger partial charge in [-0.25, -0.2) is 8.42 Å². The molecule has 0 atom stereocenters. The van der Waals surface area contributed by atoms with E-state index in [4.69, 9.17) is 5.26 Å². The summed E-state index contributed by atoms with van der Waals surface area (Å²) >= 11 is 0. The second kappa shape index (κ2) is 7.47. The second-order valence-corrected chi connectivity index (χ2v) is 7.80. The Balaban J connectivity index is 2.05. The van der Waals surface area contributed by atoms with Crippen LogP contribution in [0.2, 0.25) is 0 Å². The topological polar surface area (TPSA) is 73.2 Å². The summed E-state index contributed by atoms with van der Waals surface area (Å²) in [5.74, 6) is 0. The van der Waals surface area contributed by atoms with Crippen LogP contribution in [-0.2, 0) is 16.6 Å². The SMILES string of the molecule is CC(C)N(C)S(=O)(=O)c1ccc(CNc2ccc(C#N)cc2)cc1. The number of nitriles is 1. The summed E-state index contributed by atoms with van der Waals surface area (Å²) < 4.78 is 26.2. The first-order valence-electron chi connectivity index (χ1n) is 7.65. The van der Waals surface area contributed by atoms with Gasteiger partial charge in [-0.1, -0.05) is 12.1 Å². The van der Waals surface area contributed by atoms with Crippen molar-refractivity contribution in [2.45, 2.75) is 31.3 Å². The fourth-order valence-corrected chi connectivity index (χ4v) is 3.46. The molecule has 5 nitrogen and oxygen atoms in total. The molecule has 2 aromatic rings. The van der Waals surface area contributed by atoms with Crippen molar-refractivity contribution >= 4 is 15.7 Å². The van der Waals surface area contributed by atoms with E-state index < -0.39 is 10.0 Å². The van der Waals surface area contributed by atoms with Crippen molar-refractivity contribution in [2.24, 2.45) is 0 Å². The molecule has 2 aromatic carbocycles. The molecule has 0 unspecified atom stereocenters.